The zero-order valence-corrected chi connectivity index (χ0v) is 18.2. The molecule has 0 aliphatic rings. The van der Waals surface area contributed by atoms with E-state index in [1.165, 1.54) is 5.56 Å². The van der Waals surface area contributed by atoms with Gasteiger partial charge in [0.1, 0.15) is 5.75 Å². The Hall–Kier alpha value is -1.51. The monoisotopic (exact) mass is 362 g/mol. The Bertz CT molecular complexity index is 599. The summed E-state index contributed by atoms with van der Waals surface area (Å²) in [7, 11) is 0. The fourth-order valence-corrected chi connectivity index (χ4v) is 2.79. The van der Waals surface area contributed by atoms with E-state index in [9.17, 15) is 4.79 Å². The molecule has 1 aromatic rings. The summed E-state index contributed by atoms with van der Waals surface area (Å²) < 4.78 is 11.5. The minimum Gasteiger partial charge on any atom is -0.478 e. The summed E-state index contributed by atoms with van der Waals surface area (Å²) in [6.07, 6.45) is 1.47. The molecule has 0 fully saturated rings. The van der Waals surface area contributed by atoms with E-state index in [0.717, 1.165) is 24.2 Å². The normalized spacial score (nSPS) is 13.6. The van der Waals surface area contributed by atoms with Crippen LogP contribution in [0.3, 0.4) is 0 Å². The van der Waals surface area contributed by atoms with Crippen LogP contribution in [0.1, 0.15) is 86.3 Å². The molecule has 1 aromatic carbocycles. The number of hydrogen-bond donors (Lipinski definition) is 0. The Morgan fingerprint density at radius 3 is 2.04 bits per heavy atom. The summed E-state index contributed by atoms with van der Waals surface area (Å²) in [4.78, 5) is 12.3. The molecular formula is C23H38O3. The van der Waals surface area contributed by atoms with Crippen molar-refractivity contribution >= 4 is 5.97 Å². The first-order chi connectivity index (χ1) is 12.0. The maximum absolute atomic E-state index is 12.3. The maximum Gasteiger partial charge on any atom is 0.347 e. The molecule has 0 saturated carbocycles. The number of carbonyl (C=O) groups excluding carboxylic acids is 1. The highest BCUT2D eigenvalue weighted by molar-refractivity contribution is 5.75. The highest BCUT2D eigenvalue weighted by atomic mass is 16.6. The number of hydrogen-bond acceptors (Lipinski definition) is 3. The topological polar surface area (TPSA) is 35.5 Å². The average molecular weight is 363 g/mol. The molecule has 3 nitrogen and oxygen atoms in total. The first-order valence-electron chi connectivity index (χ1n) is 9.98. The van der Waals surface area contributed by atoms with E-state index in [1.54, 1.807) is 0 Å². The summed E-state index contributed by atoms with van der Waals surface area (Å²) >= 11 is 0. The molecule has 1 rings (SSSR count). The van der Waals surface area contributed by atoms with Crippen LogP contribution >= 0.6 is 0 Å². The fraction of sp³-hybridized carbons (Fsp3) is 0.696. The highest BCUT2D eigenvalue weighted by Crippen LogP contribution is 2.39. The van der Waals surface area contributed by atoms with Gasteiger partial charge in [0.2, 0.25) is 0 Å². The van der Waals surface area contributed by atoms with Crippen molar-refractivity contribution in [1.82, 2.24) is 0 Å². The summed E-state index contributed by atoms with van der Waals surface area (Å²) in [6.45, 7) is 19.5. The zero-order chi connectivity index (χ0) is 20.1. The van der Waals surface area contributed by atoms with Crippen LogP contribution in [-0.2, 0) is 20.4 Å². The molecule has 3 heteroatoms. The fourth-order valence-electron chi connectivity index (χ4n) is 2.79. The van der Waals surface area contributed by atoms with Crippen molar-refractivity contribution in [2.45, 2.75) is 92.1 Å². The second kappa shape index (κ2) is 8.92. The third-order valence-corrected chi connectivity index (χ3v) is 5.64. The average Bonchev–Trinajstić information content (AvgIpc) is 2.59. The number of rotatable bonds is 9. The first-order valence-corrected chi connectivity index (χ1v) is 9.98. The van der Waals surface area contributed by atoms with Crippen molar-refractivity contribution in [3.05, 3.63) is 29.3 Å². The van der Waals surface area contributed by atoms with Crippen molar-refractivity contribution in [3.8, 4) is 5.75 Å². The van der Waals surface area contributed by atoms with Crippen LogP contribution in [0.2, 0.25) is 0 Å². The number of ether oxygens (including phenoxy) is 2. The second-order valence-corrected chi connectivity index (χ2v) is 8.72. The van der Waals surface area contributed by atoms with E-state index in [2.05, 4.69) is 53.7 Å². The highest BCUT2D eigenvalue weighted by Gasteiger charge is 2.31. The number of benzene rings is 1. The van der Waals surface area contributed by atoms with Gasteiger partial charge in [-0.1, -0.05) is 67.5 Å². The van der Waals surface area contributed by atoms with Gasteiger partial charge in [-0.05, 0) is 42.2 Å². The van der Waals surface area contributed by atoms with Gasteiger partial charge in [-0.3, -0.25) is 0 Å². The molecule has 0 aromatic heterocycles. The molecule has 0 aliphatic heterocycles. The Morgan fingerprint density at radius 2 is 1.58 bits per heavy atom. The summed E-state index contributed by atoms with van der Waals surface area (Å²) in [5, 5.41) is 0. The number of carbonyl (C=O) groups is 1. The molecular weight excluding hydrogens is 324 g/mol. The Labute approximate surface area is 160 Å². The van der Waals surface area contributed by atoms with Crippen molar-refractivity contribution < 1.29 is 14.3 Å². The molecule has 0 heterocycles. The molecule has 0 amide bonds. The van der Waals surface area contributed by atoms with Crippen LogP contribution < -0.4 is 4.74 Å². The van der Waals surface area contributed by atoms with E-state index >= 15 is 0 Å². The van der Waals surface area contributed by atoms with E-state index in [1.807, 2.05) is 26.8 Å². The lowest BCUT2D eigenvalue weighted by Crippen LogP contribution is -2.35. The lowest BCUT2D eigenvalue weighted by atomic mass is 9.76. The molecule has 1 atom stereocenters. The van der Waals surface area contributed by atoms with E-state index < -0.39 is 6.10 Å². The van der Waals surface area contributed by atoms with Crippen molar-refractivity contribution in [3.63, 3.8) is 0 Å². The van der Waals surface area contributed by atoms with Gasteiger partial charge in [0.05, 0.1) is 6.61 Å². The van der Waals surface area contributed by atoms with Gasteiger partial charge >= 0.3 is 5.97 Å². The van der Waals surface area contributed by atoms with Crippen LogP contribution in [-0.4, -0.2) is 18.7 Å². The minimum absolute atomic E-state index is 0.0364. The largest absolute Gasteiger partial charge is 0.478 e. The van der Waals surface area contributed by atoms with Gasteiger partial charge in [0.15, 0.2) is 6.10 Å². The molecule has 0 bridgehead atoms. The van der Waals surface area contributed by atoms with Gasteiger partial charge < -0.3 is 9.47 Å². The minimum atomic E-state index is -0.591. The molecule has 0 aliphatic carbocycles. The predicted molar refractivity (Wildman–Crippen MR) is 109 cm³/mol. The summed E-state index contributed by atoms with van der Waals surface area (Å²) in [5.41, 5.74) is 2.54. The van der Waals surface area contributed by atoms with Gasteiger partial charge in [-0.25, -0.2) is 4.79 Å². The first kappa shape index (κ1) is 22.5. The van der Waals surface area contributed by atoms with Gasteiger partial charge in [0, 0.05) is 11.5 Å². The van der Waals surface area contributed by atoms with E-state index in [4.69, 9.17) is 9.47 Å². The molecule has 0 radical (unpaired) electrons. The standard InChI is InChI=1S/C23H38O3/c1-10-22(6,7)17-13-14-19(18(15-17)23(8,9)11-2)26-20(16(4)5)21(24)25-12-3/h13-16,20H,10-12H2,1-9H3. The number of esters is 1. The van der Waals surface area contributed by atoms with Crippen molar-refractivity contribution in [1.29, 1.82) is 0 Å². The van der Waals surface area contributed by atoms with E-state index in [-0.39, 0.29) is 22.7 Å². The molecule has 148 valence electrons. The zero-order valence-electron chi connectivity index (χ0n) is 18.2. The maximum atomic E-state index is 12.3. The van der Waals surface area contributed by atoms with Crippen LogP contribution in [0.4, 0.5) is 0 Å². The van der Waals surface area contributed by atoms with E-state index in [0.29, 0.717) is 6.61 Å². The van der Waals surface area contributed by atoms with Crippen LogP contribution in [0.15, 0.2) is 18.2 Å². The molecule has 1 unspecified atom stereocenters. The molecule has 0 spiro atoms. The second-order valence-electron chi connectivity index (χ2n) is 8.72. The Morgan fingerprint density at radius 1 is 1.00 bits per heavy atom. The van der Waals surface area contributed by atoms with Crippen molar-refractivity contribution in [2.24, 2.45) is 5.92 Å². The molecule has 0 saturated heterocycles. The third-order valence-electron chi connectivity index (χ3n) is 5.64. The lowest BCUT2D eigenvalue weighted by molar-refractivity contribution is -0.153. The Kier molecular flexibility index (Phi) is 7.73. The molecule has 0 N–H and O–H groups in total. The summed E-state index contributed by atoms with van der Waals surface area (Å²) in [5.74, 6) is 0.540. The third kappa shape index (κ3) is 5.25. The van der Waals surface area contributed by atoms with Gasteiger partial charge in [-0.2, -0.15) is 0 Å². The lowest BCUT2D eigenvalue weighted by Gasteiger charge is -2.32. The van der Waals surface area contributed by atoms with Crippen LogP contribution in [0, 0.1) is 5.92 Å². The smallest absolute Gasteiger partial charge is 0.347 e. The van der Waals surface area contributed by atoms with Crippen LogP contribution in [0.5, 0.6) is 5.75 Å². The van der Waals surface area contributed by atoms with Gasteiger partial charge in [0.25, 0.3) is 0 Å². The van der Waals surface area contributed by atoms with Crippen LogP contribution in [0.25, 0.3) is 0 Å². The SMILES string of the molecule is CCOC(=O)C(Oc1ccc(C(C)(C)CC)cc1C(C)(C)CC)C(C)C. The molecule has 26 heavy (non-hydrogen) atoms. The Balaban J connectivity index is 3.39. The quantitative estimate of drug-likeness (QED) is 0.503. The predicted octanol–water partition coefficient (Wildman–Crippen LogP) is 6.03. The summed E-state index contributed by atoms with van der Waals surface area (Å²) in [6, 6.07) is 6.44. The van der Waals surface area contributed by atoms with Crippen molar-refractivity contribution in [2.75, 3.05) is 6.61 Å². The van der Waals surface area contributed by atoms with Gasteiger partial charge in [-0.15, -0.1) is 0 Å².